The van der Waals surface area contributed by atoms with Crippen molar-refractivity contribution < 1.29 is 13.9 Å². The Morgan fingerprint density at radius 1 is 1.53 bits per heavy atom. The molecule has 1 aliphatic rings. The van der Waals surface area contributed by atoms with Crippen LogP contribution in [0, 0.1) is 11.9 Å². The largest absolute Gasteiger partial charge is 0.379 e. The van der Waals surface area contributed by atoms with Crippen LogP contribution in [-0.4, -0.2) is 30.6 Å². The van der Waals surface area contributed by atoms with Crippen molar-refractivity contribution in [3.8, 4) is 0 Å². The second-order valence-corrected chi connectivity index (χ2v) is 4.12. The number of hydrogen-bond acceptors (Lipinski definition) is 3. The van der Waals surface area contributed by atoms with E-state index in [0.717, 1.165) is 12.5 Å². The first kappa shape index (κ1) is 12.0. The van der Waals surface area contributed by atoms with Gasteiger partial charge in [0.2, 0.25) is 5.95 Å². The van der Waals surface area contributed by atoms with E-state index in [2.05, 4.69) is 10.3 Å². The van der Waals surface area contributed by atoms with Gasteiger partial charge in [-0.1, -0.05) is 6.07 Å². The molecule has 0 radical (unpaired) electrons. The lowest BCUT2D eigenvalue weighted by atomic mass is 10.3. The van der Waals surface area contributed by atoms with Crippen LogP contribution in [0.4, 0.5) is 4.39 Å². The Morgan fingerprint density at radius 3 is 3.06 bits per heavy atom. The quantitative estimate of drug-likeness (QED) is 0.601. The first-order valence-electron chi connectivity index (χ1n) is 5.74. The van der Waals surface area contributed by atoms with Crippen LogP contribution in [0.3, 0.4) is 0 Å². The number of ether oxygens (including phenoxy) is 1. The molecule has 1 saturated carbocycles. The molecule has 1 amide bonds. The summed E-state index contributed by atoms with van der Waals surface area (Å²) in [6.45, 7) is 1.68. The van der Waals surface area contributed by atoms with Gasteiger partial charge in [-0.3, -0.25) is 4.79 Å². The number of rotatable bonds is 6. The zero-order chi connectivity index (χ0) is 12.1. The van der Waals surface area contributed by atoms with Crippen LogP contribution in [0.5, 0.6) is 0 Å². The lowest BCUT2D eigenvalue weighted by Crippen LogP contribution is -2.28. The molecule has 1 aromatic heterocycles. The first-order valence-corrected chi connectivity index (χ1v) is 5.74. The van der Waals surface area contributed by atoms with E-state index in [1.54, 1.807) is 0 Å². The third-order valence-corrected chi connectivity index (χ3v) is 2.53. The van der Waals surface area contributed by atoms with Crippen molar-refractivity contribution in [2.45, 2.75) is 12.8 Å². The number of nitrogens with zero attached hydrogens (tertiary/aromatic N) is 1. The summed E-state index contributed by atoms with van der Waals surface area (Å²) in [5, 5.41) is 2.63. The van der Waals surface area contributed by atoms with Gasteiger partial charge in [-0.15, -0.1) is 0 Å². The van der Waals surface area contributed by atoms with Crippen molar-refractivity contribution in [1.82, 2.24) is 10.3 Å². The van der Waals surface area contributed by atoms with Gasteiger partial charge in [-0.05, 0) is 30.9 Å². The monoisotopic (exact) mass is 238 g/mol. The van der Waals surface area contributed by atoms with Gasteiger partial charge in [0.05, 0.1) is 6.61 Å². The molecular weight excluding hydrogens is 223 g/mol. The van der Waals surface area contributed by atoms with Crippen LogP contribution in [0.1, 0.15) is 23.3 Å². The fourth-order valence-electron chi connectivity index (χ4n) is 1.40. The fraction of sp³-hybridized carbons (Fsp3) is 0.500. The molecule has 5 heteroatoms. The second kappa shape index (κ2) is 5.72. The van der Waals surface area contributed by atoms with Crippen LogP contribution in [0.25, 0.3) is 0 Å². The van der Waals surface area contributed by atoms with Gasteiger partial charge in [0, 0.05) is 13.2 Å². The Balaban J connectivity index is 1.65. The maximum Gasteiger partial charge on any atom is 0.270 e. The summed E-state index contributed by atoms with van der Waals surface area (Å²) in [6.07, 6.45) is 2.50. The molecule has 4 nitrogen and oxygen atoms in total. The van der Waals surface area contributed by atoms with E-state index in [1.165, 1.54) is 31.0 Å². The topological polar surface area (TPSA) is 51.2 Å². The normalized spacial score (nSPS) is 14.6. The molecule has 1 heterocycles. The second-order valence-electron chi connectivity index (χ2n) is 4.12. The smallest absolute Gasteiger partial charge is 0.270 e. The number of carbonyl (C=O) groups excluding carboxylic acids is 1. The summed E-state index contributed by atoms with van der Waals surface area (Å²) in [6, 6.07) is 4.14. The highest BCUT2D eigenvalue weighted by molar-refractivity contribution is 5.92. The van der Waals surface area contributed by atoms with Crippen LogP contribution in [0.15, 0.2) is 18.2 Å². The number of carbonyl (C=O) groups is 1. The average molecular weight is 238 g/mol. The molecule has 0 atom stereocenters. The van der Waals surface area contributed by atoms with Crippen molar-refractivity contribution in [3.05, 3.63) is 29.8 Å². The maximum absolute atomic E-state index is 12.8. The molecule has 0 saturated heterocycles. The number of halogens is 1. The average Bonchev–Trinajstić information content (AvgIpc) is 3.12. The molecule has 0 unspecified atom stereocenters. The number of nitrogens with one attached hydrogen (secondary N) is 1. The molecule has 92 valence electrons. The van der Waals surface area contributed by atoms with E-state index in [9.17, 15) is 9.18 Å². The molecule has 1 N–H and O–H groups in total. The molecule has 1 aliphatic carbocycles. The predicted molar refractivity (Wildman–Crippen MR) is 60.1 cm³/mol. The Kier molecular flexibility index (Phi) is 4.03. The highest BCUT2D eigenvalue weighted by atomic mass is 19.1. The zero-order valence-electron chi connectivity index (χ0n) is 9.49. The van der Waals surface area contributed by atoms with Crippen molar-refractivity contribution in [3.63, 3.8) is 0 Å². The number of aromatic nitrogens is 1. The molecule has 0 aromatic carbocycles. The minimum absolute atomic E-state index is 0.0900. The molecule has 0 aliphatic heterocycles. The summed E-state index contributed by atoms with van der Waals surface area (Å²) in [4.78, 5) is 15.0. The molecule has 0 bridgehead atoms. The van der Waals surface area contributed by atoms with Gasteiger partial charge in [0.25, 0.3) is 5.91 Å². The van der Waals surface area contributed by atoms with E-state index in [4.69, 9.17) is 4.74 Å². The van der Waals surface area contributed by atoms with E-state index in [0.29, 0.717) is 13.2 Å². The fourth-order valence-corrected chi connectivity index (χ4v) is 1.40. The maximum atomic E-state index is 12.8. The minimum atomic E-state index is -0.650. The zero-order valence-corrected chi connectivity index (χ0v) is 9.49. The standard InChI is InChI=1S/C12H15FN2O2/c13-11-3-1-2-10(15-11)12(16)14-6-7-17-8-9-4-5-9/h1-3,9H,4-8H2,(H,14,16). The van der Waals surface area contributed by atoms with Crippen molar-refractivity contribution in [2.24, 2.45) is 5.92 Å². The lowest BCUT2D eigenvalue weighted by molar-refractivity contribution is 0.0901. The number of amides is 1. The van der Waals surface area contributed by atoms with E-state index in [-0.39, 0.29) is 11.6 Å². The van der Waals surface area contributed by atoms with Crippen LogP contribution >= 0.6 is 0 Å². The summed E-state index contributed by atoms with van der Waals surface area (Å²) in [5.74, 6) is -0.308. The van der Waals surface area contributed by atoms with Crippen molar-refractivity contribution in [1.29, 1.82) is 0 Å². The van der Waals surface area contributed by atoms with E-state index in [1.807, 2.05) is 0 Å². The molecule has 1 fully saturated rings. The van der Waals surface area contributed by atoms with Crippen LogP contribution in [0.2, 0.25) is 0 Å². The van der Waals surface area contributed by atoms with Gasteiger partial charge in [0.15, 0.2) is 0 Å². The van der Waals surface area contributed by atoms with Crippen molar-refractivity contribution >= 4 is 5.91 Å². The van der Waals surface area contributed by atoms with Gasteiger partial charge in [-0.2, -0.15) is 4.39 Å². The van der Waals surface area contributed by atoms with Gasteiger partial charge >= 0.3 is 0 Å². The van der Waals surface area contributed by atoms with E-state index >= 15 is 0 Å². The summed E-state index contributed by atoms with van der Waals surface area (Å²) in [5.41, 5.74) is 0.0900. The lowest BCUT2D eigenvalue weighted by Gasteiger charge is -2.05. The number of pyridine rings is 1. The Bertz CT molecular complexity index is 394. The summed E-state index contributed by atoms with van der Waals surface area (Å²) >= 11 is 0. The highest BCUT2D eigenvalue weighted by Gasteiger charge is 2.20. The predicted octanol–water partition coefficient (Wildman–Crippen LogP) is 1.38. The van der Waals surface area contributed by atoms with Crippen LogP contribution < -0.4 is 5.32 Å². The molecule has 17 heavy (non-hydrogen) atoms. The Hall–Kier alpha value is -1.49. The molecular formula is C12H15FN2O2. The number of hydrogen-bond donors (Lipinski definition) is 1. The SMILES string of the molecule is O=C(NCCOCC1CC1)c1cccc(F)n1. The van der Waals surface area contributed by atoms with Crippen molar-refractivity contribution in [2.75, 3.05) is 19.8 Å². The minimum Gasteiger partial charge on any atom is -0.379 e. The molecule has 2 rings (SSSR count). The Morgan fingerprint density at radius 2 is 2.35 bits per heavy atom. The van der Waals surface area contributed by atoms with Gasteiger partial charge in [0.1, 0.15) is 5.69 Å². The summed E-state index contributed by atoms with van der Waals surface area (Å²) < 4.78 is 18.1. The van der Waals surface area contributed by atoms with Gasteiger partial charge in [-0.25, -0.2) is 4.98 Å². The molecule has 0 spiro atoms. The van der Waals surface area contributed by atoms with Crippen LogP contribution in [-0.2, 0) is 4.74 Å². The highest BCUT2D eigenvalue weighted by Crippen LogP contribution is 2.28. The van der Waals surface area contributed by atoms with E-state index < -0.39 is 5.95 Å². The third-order valence-electron chi connectivity index (χ3n) is 2.53. The first-order chi connectivity index (χ1) is 8.25. The Labute approximate surface area is 99.2 Å². The third kappa shape index (κ3) is 4.11. The molecule has 1 aromatic rings. The summed E-state index contributed by atoms with van der Waals surface area (Å²) in [7, 11) is 0. The van der Waals surface area contributed by atoms with Gasteiger partial charge < -0.3 is 10.1 Å².